The number of nitrogens with one attached hydrogen (secondary N) is 1. The number of hydrogen-bond acceptors (Lipinski definition) is 2. The van der Waals surface area contributed by atoms with Gasteiger partial charge in [-0.15, -0.1) is 0 Å². The molecule has 0 amide bonds. The van der Waals surface area contributed by atoms with Crippen LogP contribution < -0.4 is 11.3 Å². The van der Waals surface area contributed by atoms with E-state index in [1.807, 2.05) is 6.07 Å². The van der Waals surface area contributed by atoms with E-state index in [4.69, 9.17) is 5.84 Å². The van der Waals surface area contributed by atoms with E-state index >= 15 is 0 Å². The maximum absolute atomic E-state index is 13.1. The number of halogens is 1. The first-order chi connectivity index (χ1) is 8.77. The molecule has 0 aliphatic carbocycles. The lowest BCUT2D eigenvalue weighted by atomic mass is 10.00. The minimum atomic E-state index is -0.198. The molecule has 1 unspecified atom stereocenters. The maximum atomic E-state index is 13.1. The molecule has 1 aromatic carbocycles. The zero-order valence-corrected chi connectivity index (χ0v) is 11.3. The molecule has 2 nitrogen and oxygen atoms in total. The standard InChI is InChI=1S/C15H25FN2/c1-2-3-4-5-6-7-11-15(18-17)13-9-8-10-14(16)12-13/h8-10,12,15,18H,2-7,11,17H2,1H3. The topological polar surface area (TPSA) is 38.0 Å². The second-order valence-corrected chi connectivity index (χ2v) is 4.83. The summed E-state index contributed by atoms with van der Waals surface area (Å²) in [5.41, 5.74) is 3.72. The Balaban J connectivity index is 2.29. The average molecular weight is 252 g/mol. The highest BCUT2D eigenvalue weighted by molar-refractivity contribution is 5.19. The molecule has 0 radical (unpaired) electrons. The van der Waals surface area contributed by atoms with Gasteiger partial charge in [0.05, 0.1) is 0 Å². The van der Waals surface area contributed by atoms with Crippen molar-refractivity contribution in [3.63, 3.8) is 0 Å². The van der Waals surface area contributed by atoms with E-state index in [2.05, 4.69) is 12.3 Å². The molecule has 1 rings (SSSR count). The van der Waals surface area contributed by atoms with Gasteiger partial charge in [-0.2, -0.15) is 0 Å². The van der Waals surface area contributed by atoms with Gasteiger partial charge in [0, 0.05) is 6.04 Å². The number of benzene rings is 1. The second kappa shape index (κ2) is 9.06. The Morgan fingerprint density at radius 3 is 2.56 bits per heavy atom. The molecule has 102 valence electrons. The Morgan fingerprint density at radius 2 is 1.89 bits per heavy atom. The molecule has 0 aliphatic heterocycles. The molecule has 0 fully saturated rings. The van der Waals surface area contributed by atoms with Crippen LogP contribution in [0.3, 0.4) is 0 Å². The Hall–Kier alpha value is -0.930. The summed E-state index contributed by atoms with van der Waals surface area (Å²) in [5.74, 6) is 5.35. The third-order valence-electron chi connectivity index (χ3n) is 3.30. The first kappa shape index (κ1) is 15.1. The highest BCUT2D eigenvalue weighted by atomic mass is 19.1. The number of nitrogens with two attached hydrogens (primary N) is 1. The molecular formula is C15H25FN2. The minimum absolute atomic E-state index is 0.0619. The number of unbranched alkanes of at least 4 members (excludes halogenated alkanes) is 5. The fourth-order valence-electron chi connectivity index (χ4n) is 2.20. The van der Waals surface area contributed by atoms with Crippen molar-refractivity contribution in [1.29, 1.82) is 0 Å². The van der Waals surface area contributed by atoms with Crippen molar-refractivity contribution in [3.05, 3.63) is 35.6 Å². The molecule has 0 aromatic heterocycles. The smallest absolute Gasteiger partial charge is 0.123 e. The summed E-state index contributed by atoms with van der Waals surface area (Å²) >= 11 is 0. The maximum Gasteiger partial charge on any atom is 0.123 e. The van der Waals surface area contributed by atoms with Gasteiger partial charge >= 0.3 is 0 Å². The van der Waals surface area contributed by atoms with Crippen LogP contribution in [0, 0.1) is 5.82 Å². The zero-order chi connectivity index (χ0) is 13.2. The van der Waals surface area contributed by atoms with Crippen LogP contribution in [0.2, 0.25) is 0 Å². The van der Waals surface area contributed by atoms with Crippen LogP contribution in [0.15, 0.2) is 24.3 Å². The van der Waals surface area contributed by atoms with E-state index in [0.29, 0.717) is 0 Å². The van der Waals surface area contributed by atoms with Gasteiger partial charge in [0.1, 0.15) is 5.82 Å². The van der Waals surface area contributed by atoms with Crippen molar-refractivity contribution < 1.29 is 4.39 Å². The van der Waals surface area contributed by atoms with Crippen molar-refractivity contribution in [2.75, 3.05) is 0 Å². The van der Waals surface area contributed by atoms with E-state index in [1.165, 1.54) is 38.2 Å². The molecule has 0 saturated carbocycles. The molecule has 0 aliphatic rings. The van der Waals surface area contributed by atoms with Crippen LogP contribution in [0.1, 0.15) is 63.5 Å². The molecule has 1 atom stereocenters. The Morgan fingerprint density at radius 1 is 1.17 bits per heavy atom. The summed E-state index contributed by atoms with van der Waals surface area (Å²) in [6.45, 7) is 2.22. The molecule has 0 heterocycles. The lowest BCUT2D eigenvalue weighted by Crippen LogP contribution is -2.28. The van der Waals surface area contributed by atoms with Crippen molar-refractivity contribution in [2.45, 2.75) is 57.9 Å². The predicted octanol–water partition coefficient (Wildman–Crippen LogP) is 4.08. The summed E-state index contributed by atoms with van der Waals surface area (Å²) in [6.07, 6.45) is 8.53. The number of rotatable bonds is 9. The van der Waals surface area contributed by atoms with Crippen LogP contribution in [0.4, 0.5) is 4.39 Å². The Bertz CT molecular complexity index is 328. The lowest BCUT2D eigenvalue weighted by molar-refractivity contribution is 0.474. The van der Waals surface area contributed by atoms with Crippen molar-refractivity contribution in [3.8, 4) is 0 Å². The third kappa shape index (κ3) is 5.61. The number of hydrogen-bond donors (Lipinski definition) is 2. The number of hydrazine groups is 1. The molecule has 0 bridgehead atoms. The monoisotopic (exact) mass is 252 g/mol. The quantitative estimate of drug-likeness (QED) is 0.395. The van der Waals surface area contributed by atoms with Gasteiger partial charge < -0.3 is 0 Å². The van der Waals surface area contributed by atoms with Crippen molar-refractivity contribution in [1.82, 2.24) is 5.43 Å². The first-order valence-electron chi connectivity index (χ1n) is 6.99. The van der Waals surface area contributed by atoms with E-state index in [1.54, 1.807) is 12.1 Å². The molecule has 1 aromatic rings. The van der Waals surface area contributed by atoms with Crippen LogP contribution in [0.5, 0.6) is 0 Å². The highest BCUT2D eigenvalue weighted by Crippen LogP contribution is 2.20. The van der Waals surface area contributed by atoms with E-state index < -0.39 is 0 Å². The molecular weight excluding hydrogens is 227 g/mol. The van der Waals surface area contributed by atoms with Gasteiger partial charge in [0.25, 0.3) is 0 Å². The van der Waals surface area contributed by atoms with Gasteiger partial charge in [0.2, 0.25) is 0 Å². The van der Waals surface area contributed by atoms with Crippen molar-refractivity contribution >= 4 is 0 Å². The van der Waals surface area contributed by atoms with Crippen LogP contribution >= 0.6 is 0 Å². The van der Waals surface area contributed by atoms with Gasteiger partial charge in [0.15, 0.2) is 0 Å². The third-order valence-corrected chi connectivity index (χ3v) is 3.30. The van der Waals surface area contributed by atoms with E-state index in [0.717, 1.165) is 18.4 Å². The summed E-state index contributed by atoms with van der Waals surface area (Å²) in [6, 6.07) is 6.73. The fourth-order valence-corrected chi connectivity index (χ4v) is 2.20. The lowest BCUT2D eigenvalue weighted by Gasteiger charge is -2.16. The van der Waals surface area contributed by atoms with Gasteiger partial charge in [-0.05, 0) is 24.1 Å². The van der Waals surface area contributed by atoms with Crippen LogP contribution in [-0.2, 0) is 0 Å². The van der Waals surface area contributed by atoms with Crippen LogP contribution in [-0.4, -0.2) is 0 Å². The SMILES string of the molecule is CCCCCCCCC(NN)c1cccc(F)c1. The van der Waals surface area contributed by atoms with E-state index in [-0.39, 0.29) is 11.9 Å². The second-order valence-electron chi connectivity index (χ2n) is 4.83. The van der Waals surface area contributed by atoms with Gasteiger partial charge in [-0.3, -0.25) is 11.3 Å². The molecule has 0 saturated heterocycles. The Kier molecular flexibility index (Phi) is 7.62. The summed E-state index contributed by atoms with van der Waals surface area (Å²) in [4.78, 5) is 0. The molecule has 3 N–H and O–H groups in total. The van der Waals surface area contributed by atoms with Crippen molar-refractivity contribution in [2.24, 2.45) is 5.84 Å². The first-order valence-corrected chi connectivity index (χ1v) is 6.99. The fraction of sp³-hybridized carbons (Fsp3) is 0.600. The predicted molar refractivity (Wildman–Crippen MR) is 74.5 cm³/mol. The normalized spacial score (nSPS) is 12.6. The highest BCUT2D eigenvalue weighted by Gasteiger charge is 2.09. The molecule has 3 heteroatoms. The average Bonchev–Trinajstić information content (AvgIpc) is 2.38. The largest absolute Gasteiger partial charge is 0.271 e. The summed E-state index contributed by atoms with van der Waals surface area (Å²) < 4.78 is 13.1. The summed E-state index contributed by atoms with van der Waals surface area (Å²) in [5, 5.41) is 0. The van der Waals surface area contributed by atoms with Gasteiger partial charge in [-0.25, -0.2) is 4.39 Å². The molecule has 0 spiro atoms. The summed E-state index contributed by atoms with van der Waals surface area (Å²) in [7, 11) is 0. The van der Waals surface area contributed by atoms with E-state index in [9.17, 15) is 4.39 Å². The minimum Gasteiger partial charge on any atom is -0.271 e. The van der Waals surface area contributed by atoms with Crippen LogP contribution in [0.25, 0.3) is 0 Å². The zero-order valence-electron chi connectivity index (χ0n) is 11.3. The van der Waals surface area contributed by atoms with Gasteiger partial charge in [-0.1, -0.05) is 57.6 Å². The Labute approximate surface area is 110 Å². The molecule has 18 heavy (non-hydrogen) atoms.